The first-order chi connectivity index (χ1) is 7.03. The summed E-state index contributed by atoms with van der Waals surface area (Å²) in [4.78, 5) is 22.6. The monoisotopic (exact) mass is 214 g/mol. The molecule has 2 atom stereocenters. The number of methoxy groups -OCH3 is 1. The van der Waals surface area contributed by atoms with Crippen LogP contribution in [-0.4, -0.2) is 24.2 Å². The highest BCUT2D eigenvalue weighted by Gasteiger charge is 2.47. The van der Waals surface area contributed by atoms with E-state index in [0.717, 1.165) is 19.3 Å². The molecule has 1 N–H and O–H groups in total. The van der Waals surface area contributed by atoms with Gasteiger partial charge in [0.25, 0.3) is 0 Å². The first-order valence-electron chi connectivity index (χ1n) is 5.33. The maximum absolute atomic E-state index is 11.7. The predicted octanol–water partition coefficient (Wildman–Crippen LogP) is 1.83. The lowest BCUT2D eigenvalue weighted by Crippen LogP contribution is -2.42. The molecule has 0 spiro atoms. The molecule has 1 aliphatic carbocycles. The first kappa shape index (κ1) is 12.0. The minimum Gasteiger partial charge on any atom is -0.481 e. The average Bonchev–Trinajstić information content (AvgIpc) is 2.19. The van der Waals surface area contributed by atoms with Crippen LogP contribution in [0.4, 0.5) is 0 Å². The number of ether oxygens (including phenoxy) is 1. The fourth-order valence-electron chi connectivity index (χ4n) is 2.52. The van der Waals surface area contributed by atoms with Crippen molar-refractivity contribution in [1.82, 2.24) is 0 Å². The second-order valence-electron chi connectivity index (χ2n) is 4.37. The van der Waals surface area contributed by atoms with Crippen LogP contribution in [0.1, 0.15) is 39.0 Å². The van der Waals surface area contributed by atoms with Crippen LogP contribution in [0.15, 0.2) is 0 Å². The molecule has 4 heteroatoms. The number of hydrogen-bond acceptors (Lipinski definition) is 3. The molecular weight excluding hydrogens is 196 g/mol. The summed E-state index contributed by atoms with van der Waals surface area (Å²) >= 11 is 0. The zero-order valence-corrected chi connectivity index (χ0v) is 9.28. The van der Waals surface area contributed by atoms with Gasteiger partial charge in [-0.25, -0.2) is 0 Å². The van der Waals surface area contributed by atoms with Gasteiger partial charge in [-0.1, -0.05) is 19.8 Å². The molecule has 4 nitrogen and oxygen atoms in total. The van der Waals surface area contributed by atoms with Gasteiger partial charge in [0.1, 0.15) is 0 Å². The maximum Gasteiger partial charge on any atom is 0.312 e. The number of carboxylic acids is 1. The zero-order chi connectivity index (χ0) is 11.5. The van der Waals surface area contributed by atoms with Crippen LogP contribution < -0.4 is 0 Å². The van der Waals surface area contributed by atoms with Crippen LogP contribution in [0, 0.1) is 11.3 Å². The number of hydrogen-bond donors (Lipinski definition) is 1. The third kappa shape index (κ3) is 2.30. The normalized spacial score (nSPS) is 30.9. The van der Waals surface area contributed by atoms with E-state index in [1.165, 1.54) is 7.11 Å². The van der Waals surface area contributed by atoms with Gasteiger partial charge >= 0.3 is 11.9 Å². The van der Waals surface area contributed by atoms with Crippen molar-refractivity contribution in [3.63, 3.8) is 0 Å². The van der Waals surface area contributed by atoms with Crippen molar-refractivity contribution in [1.29, 1.82) is 0 Å². The van der Waals surface area contributed by atoms with E-state index in [1.54, 1.807) is 0 Å². The van der Waals surface area contributed by atoms with Crippen molar-refractivity contribution in [3.8, 4) is 0 Å². The Morgan fingerprint density at radius 2 is 2.13 bits per heavy atom. The second kappa shape index (κ2) is 4.64. The molecule has 1 fully saturated rings. The summed E-state index contributed by atoms with van der Waals surface area (Å²) in [5, 5.41) is 8.89. The van der Waals surface area contributed by atoms with Crippen molar-refractivity contribution in [2.45, 2.75) is 39.0 Å². The van der Waals surface area contributed by atoms with Crippen molar-refractivity contribution < 1.29 is 19.4 Å². The lowest BCUT2D eigenvalue weighted by atomic mass is 9.65. The maximum atomic E-state index is 11.7. The van der Waals surface area contributed by atoms with E-state index in [0.29, 0.717) is 6.42 Å². The SMILES string of the molecule is COC(=O)C1(CC(=O)O)CCCCC1C. The van der Waals surface area contributed by atoms with Crippen molar-refractivity contribution in [3.05, 3.63) is 0 Å². The van der Waals surface area contributed by atoms with Crippen LogP contribution in [0.2, 0.25) is 0 Å². The van der Waals surface area contributed by atoms with Gasteiger partial charge in [-0.2, -0.15) is 0 Å². The van der Waals surface area contributed by atoms with E-state index in [4.69, 9.17) is 9.84 Å². The Hall–Kier alpha value is -1.06. The Kier molecular flexibility index (Phi) is 3.72. The third-order valence-electron chi connectivity index (χ3n) is 3.51. The van der Waals surface area contributed by atoms with Crippen molar-refractivity contribution in [2.75, 3.05) is 7.11 Å². The van der Waals surface area contributed by atoms with Crippen LogP contribution in [0.5, 0.6) is 0 Å². The number of carbonyl (C=O) groups is 2. The highest BCUT2D eigenvalue weighted by atomic mass is 16.5. The fourth-order valence-corrected chi connectivity index (χ4v) is 2.52. The van der Waals surface area contributed by atoms with Crippen molar-refractivity contribution in [2.24, 2.45) is 11.3 Å². The standard InChI is InChI=1S/C11H18O4/c1-8-5-3-4-6-11(8,7-9(12)13)10(14)15-2/h8H,3-7H2,1-2H3,(H,12,13). The molecule has 1 aliphatic rings. The fraction of sp³-hybridized carbons (Fsp3) is 0.818. The predicted molar refractivity (Wildman–Crippen MR) is 54.3 cm³/mol. The Morgan fingerprint density at radius 3 is 2.60 bits per heavy atom. The molecule has 0 aromatic carbocycles. The van der Waals surface area contributed by atoms with Crippen LogP contribution in [-0.2, 0) is 14.3 Å². The Balaban J connectivity index is 2.92. The zero-order valence-electron chi connectivity index (χ0n) is 9.28. The Bertz CT molecular complexity index is 261. The lowest BCUT2D eigenvalue weighted by Gasteiger charge is -2.38. The quantitative estimate of drug-likeness (QED) is 0.728. The van der Waals surface area contributed by atoms with E-state index in [9.17, 15) is 9.59 Å². The third-order valence-corrected chi connectivity index (χ3v) is 3.51. The van der Waals surface area contributed by atoms with Gasteiger partial charge in [-0.05, 0) is 18.8 Å². The minimum atomic E-state index is -0.922. The van der Waals surface area contributed by atoms with E-state index in [-0.39, 0.29) is 18.3 Å². The summed E-state index contributed by atoms with van der Waals surface area (Å²) in [5.41, 5.74) is -0.793. The number of aliphatic carboxylic acids is 1. The smallest absolute Gasteiger partial charge is 0.312 e. The van der Waals surface area contributed by atoms with Gasteiger partial charge in [-0.3, -0.25) is 9.59 Å². The molecule has 0 aromatic heterocycles. The molecule has 0 saturated heterocycles. The van der Waals surface area contributed by atoms with Crippen molar-refractivity contribution >= 4 is 11.9 Å². The molecule has 1 saturated carbocycles. The van der Waals surface area contributed by atoms with Crippen LogP contribution >= 0.6 is 0 Å². The lowest BCUT2D eigenvalue weighted by molar-refractivity contribution is -0.164. The summed E-state index contributed by atoms with van der Waals surface area (Å²) in [5.74, 6) is -1.19. The van der Waals surface area contributed by atoms with Gasteiger partial charge in [-0.15, -0.1) is 0 Å². The largest absolute Gasteiger partial charge is 0.481 e. The van der Waals surface area contributed by atoms with Crippen LogP contribution in [0.3, 0.4) is 0 Å². The summed E-state index contributed by atoms with van der Waals surface area (Å²) in [6.45, 7) is 1.94. The molecule has 0 radical (unpaired) electrons. The van der Waals surface area contributed by atoms with E-state index < -0.39 is 11.4 Å². The molecule has 0 heterocycles. The highest BCUT2D eigenvalue weighted by Crippen LogP contribution is 2.44. The van der Waals surface area contributed by atoms with E-state index in [2.05, 4.69) is 0 Å². The molecule has 0 aliphatic heterocycles. The molecular formula is C11H18O4. The van der Waals surface area contributed by atoms with Gasteiger partial charge in [0, 0.05) is 0 Å². The van der Waals surface area contributed by atoms with Gasteiger partial charge < -0.3 is 9.84 Å². The minimum absolute atomic E-state index is 0.0924. The molecule has 15 heavy (non-hydrogen) atoms. The van der Waals surface area contributed by atoms with Gasteiger partial charge in [0.15, 0.2) is 0 Å². The summed E-state index contributed by atoms with van der Waals surface area (Å²) in [6.07, 6.45) is 3.41. The number of esters is 1. The Morgan fingerprint density at radius 1 is 1.47 bits per heavy atom. The summed E-state index contributed by atoms with van der Waals surface area (Å²) < 4.78 is 4.76. The molecule has 86 valence electrons. The van der Waals surface area contributed by atoms with E-state index in [1.807, 2.05) is 6.92 Å². The van der Waals surface area contributed by atoms with Crippen LogP contribution in [0.25, 0.3) is 0 Å². The van der Waals surface area contributed by atoms with Gasteiger partial charge in [0.05, 0.1) is 18.9 Å². The molecule has 0 aromatic rings. The Labute approximate surface area is 89.6 Å². The summed E-state index contributed by atoms with van der Waals surface area (Å²) in [7, 11) is 1.33. The number of carbonyl (C=O) groups excluding carboxylic acids is 1. The molecule has 2 unspecified atom stereocenters. The molecule has 0 amide bonds. The molecule has 1 rings (SSSR count). The second-order valence-corrected chi connectivity index (χ2v) is 4.37. The van der Waals surface area contributed by atoms with E-state index >= 15 is 0 Å². The highest BCUT2D eigenvalue weighted by molar-refractivity contribution is 5.83. The molecule has 0 bridgehead atoms. The number of carboxylic acid groups (broad SMARTS) is 1. The summed E-state index contributed by atoms with van der Waals surface area (Å²) in [6, 6.07) is 0. The van der Waals surface area contributed by atoms with Gasteiger partial charge in [0.2, 0.25) is 0 Å². The number of rotatable bonds is 3. The average molecular weight is 214 g/mol. The first-order valence-corrected chi connectivity index (χ1v) is 5.33. The topological polar surface area (TPSA) is 63.6 Å².